The van der Waals surface area contributed by atoms with Crippen molar-refractivity contribution in [2.24, 2.45) is 0 Å². The minimum absolute atomic E-state index is 0.238. The second kappa shape index (κ2) is 24.1. The fraction of sp³-hybridized carbons (Fsp3) is 0.208. The molecule has 0 aliphatic carbocycles. The number of hydrogen-bond acceptors (Lipinski definition) is 14. The fourth-order valence-corrected chi connectivity index (χ4v) is 7.29. The molecule has 4 atom stereocenters. The van der Waals surface area contributed by atoms with E-state index in [2.05, 4.69) is 0 Å². The molecule has 0 fully saturated rings. The topological polar surface area (TPSA) is 433 Å². The van der Waals surface area contributed by atoms with Crippen LogP contribution in [0.25, 0.3) is 21.5 Å². The average molecular weight is 1030 g/mol. The van der Waals surface area contributed by atoms with E-state index in [1.54, 1.807) is 48.5 Å². The van der Waals surface area contributed by atoms with Crippen LogP contribution in [0.5, 0.6) is 11.5 Å². The van der Waals surface area contributed by atoms with Gasteiger partial charge in [0.05, 0.1) is 25.7 Å². The molecule has 0 spiro atoms. The number of rotatable bonds is 26. The van der Waals surface area contributed by atoms with Crippen molar-refractivity contribution < 1.29 is 108 Å². The van der Waals surface area contributed by atoms with Crippen LogP contribution in [0.1, 0.15) is 78.2 Å². The van der Waals surface area contributed by atoms with E-state index in [-0.39, 0.29) is 24.7 Å². The Hall–Kier alpha value is -10.1. The van der Waals surface area contributed by atoms with E-state index in [0.717, 1.165) is 36.4 Å². The van der Waals surface area contributed by atoms with E-state index in [0.29, 0.717) is 32.7 Å². The Balaban J connectivity index is 1.56. The third kappa shape index (κ3) is 14.5. The van der Waals surface area contributed by atoms with Gasteiger partial charge in [0, 0.05) is 33.4 Å². The van der Waals surface area contributed by atoms with Crippen LogP contribution in [0.3, 0.4) is 0 Å². The zero-order valence-electron chi connectivity index (χ0n) is 37.9. The lowest BCUT2D eigenvalue weighted by atomic mass is 9.92. The lowest BCUT2D eigenvalue weighted by Gasteiger charge is -2.19. The van der Waals surface area contributed by atoms with E-state index < -0.39 is 143 Å². The average Bonchev–Trinajstić information content (AvgIpc) is 3.33. The number of amides is 4. The highest BCUT2D eigenvalue weighted by Crippen LogP contribution is 2.35. The van der Waals surface area contributed by atoms with Gasteiger partial charge in [-0.05, 0) is 57.9 Å². The van der Waals surface area contributed by atoms with Gasteiger partial charge >= 0.3 is 47.8 Å². The molecule has 0 unspecified atom stereocenters. The van der Waals surface area contributed by atoms with E-state index in [9.17, 15) is 98.4 Å². The van der Waals surface area contributed by atoms with Gasteiger partial charge in [0.15, 0.2) is 0 Å². The number of carboxylic acid groups (broad SMARTS) is 8. The molecule has 74 heavy (non-hydrogen) atoms. The third-order valence-corrected chi connectivity index (χ3v) is 10.7. The summed E-state index contributed by atoms with van der Waals surface area (Å²) in [4.78, 5) is 146. The Morgan fingerprint density at radius 3 is 0.757 bits per heavy atom. The maximum atomic E-state index is 13.4. The minimum atomic E-state index is -1.94. The highest BCUT2D eigenvalue weighted by molar-refractivity contribution is 6.07. The Labute approximate surface area is 414 Å². The largest absolute Gasteiger partial charge is 0.489 e. The summed E-state index contributed by atoms with van der Waals surface area (Å²) in [5, 5.41) is 85.2. The summed E-state index contributed by atoms with van der Waals surface area (Å²) in [5.41, 5.74) is -0.875. The Bertz CT molecular complexity index is 2740. The van der Waals surface area contributed by atoms with Gasteiger partial charge in [-0.25, -0.2) is 19.2 Å². The molecular weight excluding hydrogens is 985 g/mol. The van der Waals surface area contributed by atoms with Crippen molar-refractivity contribution in [3.8, 4) is 11.5 Å². The van der Waals surface area contributed by atoms with Crippen LogP contribution in [0.15, 0.2) is 84.9 Å². The molecule has 0 aromatic heterocycles. The maximum absolute atomic E-state index is 13.4. The smallest absolute Gasteiger partial charge is 0.326 e. The molecule has 26 heteroatoms. The van der Waals surface area contributed by atoms with E-state index >= 15 is 0 Å². The van der Waals surface area contributed by atoms with Gasteiger partial charge in [0.2, 0.25) is 0 Å². The number of benzene rings is 5. The standard InChI is InChI=1S/C48H42N4O22/c53-37(54)15-33(45(65)66)49-41(61)21-9-22(42(62)50-34(46(67)68)16-38(55)56)12-25(11-21)73-19-31-27-5-1-2-6-28(27)32(30-8-4-3-7-29(30)31)20-74-26-13-23(43(63)51-35(47(69)70)17-39(57)58)10-24(14-26)44(64)52-36(48(71)72)18-40(59)60/h1-14,33-36H,15-20H2,(H,49,61)(H,50,62)(H,51,63)(H,52,64)(H,53,54)(H,55,56)(H,57,58)(H,59,60)(H,65,66)(H,67,68)(H,69,70)(H,71,72)/t33-,34-,35-,36-/m1/s1. The van der Waals surface area contributed by atoms with Crippen LogP contribution in [-0.2, 0) is 51.6 Å². The van der Waals surface area contributed by atoms with Crippen LogP contribution < -0.4 is 30.7 Å². The number of carbonyl (C=O) groups is 12. The Morgan fingerprint density at radius 1 is 0.351 bits per heavy atom. The number of carbonyl (C=O) groups excluding carboxylic acids is 4. The first kappa shape index (κ1) is 54.8. The number of ether oxygens (including phenoxy) is 2. The van der Waals surface area contributed by atoms with Crippen LogP contribution in [0.4, 0.5) is 0 Å². The first-order chi connectivity index (χ1) is 34.9. The zero-order chi connectivity index (χ0) is 54.6. The van der Waals surface area contributed by atoms with E-state index in [1.807, 2.05) is 21.3 Å². The molecule has 386 valence electrons. The van der Waals surface area contributed by atoms with Gasteiger partial charge in [-0.2, -0.15) is 0 Å². The van der Waals surface area contributed by atoms with Crippen LogP contribution in [0, 0.1) is 0 Å². The fourth-order valence-electron chi connectivity index (χ4n) is 7.29. The molecule has 0 saturated carbocycles. The maximum Gasteiger partial charge on any atom is 0.326 e. The van der Waals surface area contributed by atoms with Crippen LogP contribution in [-0.4, -0.2) is 136 Å². The molecule has 5 aromatic rings. The van der Waals surface area contributed by atoms with Crippen LogP contribution in [0.2, 0.25) is 0 Å². The number of fused-ring (bicyclic) bond motifs is 2. The van der Waals surface area contributed by atoms with Gasteiger partial charge in [-0.15, -0.1) is 0 Å². The highest BCUT2D eigenvalue weighted by atomic mass is 16.5. The molecule has 5 aromatic carbocycles. The van der Waals surface area contributed by atoms with Gasteiger partial charge in [0.1, 0.15) is 48.9 Å². The number of carboxylic acids is 8. The Kier molecular flexibility index (Phi) is 17.9. The highest BCUT2D eigenvalue weighted by Gasteiger charge is 2.29. The first-order valence-electron chi connectivity index (χ1n) is 21.4. The summed E-state index contributed by atoms with van der Waals surface area (Å²) in [5.74, 6) is -18.4. The summed E-state index contributed by atoms with van der Waals surface area (Å²) in [7, 11) is 0. The summed E-state index contributed by atoms with van der Waals surface area (Å²) in [6.45, 7) is -0.703. The van der Waals surface area contributed by atoms with Gasteiger partial charge < -0.3 is 71.6 Å². The zero-order valence-corrected chi connectivity index (χ0v) is 37.9. The summed E-state index contributed by atoms with van der Waals surface area (Å²) in [6.07, 6.45) is -4.17. The minimum Gasteiger partial charge on any atom is -0.489 e. The lowest BCUT2D eigenvalue weighted by Crippen LogP contribution is -2.43. The lowest BCUT2D eigenvalue weighted by molar-refractivity contribution is -0.145. The predicted octanol–water partition coefficient (Wildman–Crippen LogP) is 1.78. The molecule has 4 amide bonds. The molecule has 0 radical (unpaired) electrons. The van der Waals surface area contributed by atoms with Crippen molar-refractivity contribution in [3.05, 3.63) is 118 Å². The van der Waals surface area contributed by atoms with Crippen molar-refractivity contribution >= 4 is 92.9 Å². The quantitative estimate of drug-likeness (QED) is 0.0351. The molecular formula is C48H42N4O22. The van der Waals surface area contributed by atoms with Crippen molar-refractivity contribution in [1.29, 1.82) is 0 Å². The van der Waals surface area contributed by atoms with Crippen molar-refractivity contribution in [1.82, 2.24) is 21.3 Å². The molecule has 0 saturated heterocycles. The SMILES string of the molecule is O=C(O)C[C@@H](NC(=O)c1cc(OCc2c3ccccc3c(COc3cc(C(=O)N[C@H](CC(=O)O)C(=O)O)cc(C(=O)N[C@H](CC(=O)O)C(=O)O)c3)c3ccccc23)cc(C(=O)N[C@H](CC(=O)O)C(=O)O)c1)C(=O)O. The van der Waals surface area contributed by atoms with Crippen molar-refractivity contribution in [3.63, 3.8) is 0 Å². The number of aliphatic carboxylic acids is 8. The van der Waals surface area contributed by atoms with Crippen LogP contribution >= 0.6 is 0 Å². The predicted molar refractivity (Wildman–Crippen MR) is 248 cm³/mol. The first-order valence-corrected chi connectivity index (χ1v) is 21.4. The second-order valence-corrected chi connectivity index (χ2v) is 16.0. The van der Waals surface area contributed by atoms with Gasteiger partial charge in [-0.1, -0.05) is 48.5 Å². The van der Waals surface area contributed by atoms with Gasteiger partial charge in [0.25, 0.3) is 23.6 Å². The van der Waals surface area contributed by atoms with E-state index in [1.165, 1.54) is 0 Å². The summed E-state index contributed by atoms with van der Waals surface area (Å²) < 4.78 is 12.3. The molecule has 0 aliphatic heterocycles. The number of hydrogen-bond donors (Lipinski definition) is 12. The molecule has 0 aliphatic rings. The van der Waals surface area contributed by atoms with Gasteiger partial charge in [-0.3, -0.25) is 38.4 Å². The van der Waals surface area contributed by atoms with E-state index in [4.69, 9.17) is 9.47 Å². The monoisotopic (exact) mass is 1030 g/mol. The molecule has 5 rings (SSSR count). The molecule has 0 heterocycles. The van der Waals surface area contributed by atoms with Crippen molar-refractivity contribution in [2.75, 3.05) is 0 Å². The summed E-state index contributed by atoms with van der Waals surface area (Å²) >= 11 is 0. The third-order valence-electron chi connectivity index (χ3n) is 10.7. The Morgan fingerprint density at radius 2 is 0.568 bits per heavy atom. The molecule has 0 bridgehead atoms. The number of nitrogens with one attached hydrogen (secondary N) is 4. The van der Waals surface area contributed by atoms with Crippen molar-refractivity contribution in [2.45, 2.75) is 63.1 Å². The second-order valence-electron chi connectivity index (χ2n) is 16.0. The normalized spacial score (nSPS) is 12.4. The molecule has 26 nitrogen and oxygen atoms in total. The molecule has 12 N–H and O–H groups in total. The summed E-state index contributed by atoms with van der Waals surface area (Å²) in [6, 6.07) is 11.8.